The summed E-state index contributed by atoms with van der Waals surface area (Å²) in [6.45, 7) is 8.22. The summed E-state index contributed by atoms with van der Waals surface area (Å²) >= 11 is 0. The number of hydrogen-bond donors (Lipinski definition) is 1. The Hall–Kier alpha value is -2.61. The highest BCUT2D eigenvalue weighted by Crippen LogP contribution is 2.55. The Morgan fingerprint density at radius 1 is 1.19 bits per heavy atom. The van der Waals surface area contributed by atoms with Gasteiger partial charge in [-0.25, -0.2) is 4.79 Å². The van der Waals surface area contributed by atoms with Crippen molar-refractivity contribution in [2.75, 3.05) is 40.3 Å². The van der Waals surface area contributed by atoms with Gasteiger partial charge in [0.05, 0.1) is 17.8 Å². The van der Waals surface area contributed by atoms with Crippen molar-refractivity contribution in [3.63, 3.8) is 0 Å². The van der Waals surface area contributed by atoms with E-state index in [0.29, 0.717) is 24.6 Å². The SMILES string of the molecule is CN(C)CCOc1cccc2c1OC(C)(C)[C@@H]1C[C@@H]3CN(Cc4ccccc4C(=O)O)CC[C@H]3O[C@@H]21. The lowest BCUT2D eigenvalue weighted by atomic mass is 9.70. The van der Waals surface area contributed by atoms with E-state index in [1.165, 1.54) is 0 Å². The highest BCUT2D eigenvalue weighted by molar-refractivity contribution is 5.89. The Balaban J connectivity index is 1.32. The monoisotopic (exact) mass is 494 g/mol. The standard InChI is InChI=1S/C29H38N2O5/c1-29(2)23-16-20-18-31(17-19-8-5-6-9-21(19)28(32)33)13-12-24(20)35-26(23)22-10-7-11-25(27(22)36-29)34-15-14-30(3)4/h5-11,20,23-24,26H,12-18H2,1-4H3,(H,32,33)/t20-,23-,24-,26+/m1/s1. The summed E-state index contributed by atoms with van der Waals surface area (Å²) in [6.07, 6.45) is 2.14. The number of carbonyl (C=O) groups is 1. The molecule has 7 nitrogen and oxygen atoms in total. The first-order valence-corrected chi connectivity index (χ1v) is 13.0. The van der Waals surface area contributed by atoms with E-state index in [-0.39, 0.29) is 23.7 Å². The van der Waals surface area contributed by atoms with Crippen molar-refractivity contribution in [3.05, 3.63) is 59.2 Å². The van der Waals surface area contributed by atoms with E-state index >= 15 is 0 Å². The number of carboxylic acids is 1. The van der Waals surface area contributed by atoms with E-state index in [4.69, 9.17) is 14.2 Å². The summed E-state index contributed by atoms with van der Waals surface area (Å²) in [7, 11) is 4.08. The minimum atomic E-state index is -0.867. The molecule has 0 radical (unpaired) electrons. The smallest absolute Gasteiger partial charge is 0.336 e. The molecule has 1 N–H and O–H groups in total. The van der Waals surface area contributed by atoms with Gasteiger partial charge < -0.3 is 24.2 Å². The quantitative estimate of drug-likeness (QED) is 0.609. The van der Waals surface area contributed by atoms with Crippen LogP contribution in [0, 0.1) is 11.8 Å². The van der Waals surface area contributed by atoms with Crippen molar-refractivity contribution >= 4 is 5.97 Å². The van der Waals surface area contributed by atoms with Gasteiger partial charge in [0.25, 0.3) is 0 Å². The van der Waals surface area contributed by atoms with E-state index in [1.807, 2.05) is 38.4 Å². The maximum absolute atomic E-state index is 11.7. The normalized spacial score (nSPS) is 26.9. The summed E-state index contributed by atoms with van der Waals surface area (Å²) in [4.78, 5) is 16.2. The van der Waals surface area contributed by atoms with Crippen LogP contribution in [0.2, 0.25) is 0 Å². The Kier molecular flexibility index (Phi) is 6.99. The van der Waals surface area contributed by atoms with Crippen LogP contribution in [0.1, 0.15) is 54.3 Å². The van der Waals surface area contributed by atoms with Crippen LogP contribution in [0.25, 0.3) is 0 Å². The molecule has 2 aromatic rings. The lowest BCUT2D eigenvalue weighted by Crippen LogP contribution is -2.55. The zero-order chi connectivity index (χ0) is 25.4. The minimum Gasteiger partial charge on any atom is -0.488 e. The molecular weight excluding hydrogens is 456 g/mol. The highest BCUT2D eigenvalue weighted by atomic mass is 16.5. The number of carboxylic acid groups (broad SMARTS) is 1. The van der Waals surface area contributed by atoms with E-state index in [1.54, 1.807) is 12.1 Å². The lowest BCUT2D eigenvalue weighted by Gasteiger charge is -2.53. The van der Waals surface area contributed by atoms with Crippen LogP contribution in [0.4, 0.5) is 0 Å². The Bertz CT molecular complexity index is 1100. The van der Waals surface area contributed by atoms with Gasteiger partial charge >= 0.3 is 5.97 Å². The van der Waals surface area contributed by atoms with Gasteiger partial charge in [0.1, 0.15) is 12.2 Å². The molecular formula is C29H38N2O5. The molecule has 0 spiro atoms. The number of para-hydroxylation sites is 1. The molecule has 36 heavy (non-hydrogen) atoms. The predicted molar refractivity (Wildman–Crippen MR) is 138 cm³/mol. The number of benzene rings is 2. The van der Waals surface area contributed by atoms with Crippen LogP contribution in [-0.2, 0) is 11.3 Å². The molecule has 0 amide bonds. The van der Waals surface area contributed by atoms with Crippen molar-refractivity contribution < 1.29 is 24.1 Å². The number of hydrogen-bond acceptors (Lipinski definition) is 6. The third kappa shape index (κ3) is 4.97. The molecule has 2 fully saturated rings. The average molecular weight is 495 g/mol. The summed E-state index contributed by atoms with van der Waals surface area (Å²) in [5.74, 6) is 1.37. The molecule has 194 valence electrons. The summed E-state index contributed by atoms with van der Waals surface area (Å²) in [6, 6.07) is 13.5. The first-order valence-electron chi connectivity index (χ1n) is 13.0. The molecule has 5 rings (SSSR count). The molecule has 3 aliphatic heterocycles. The van der Waals surface area contributed by atoms with Crippen LogP contribution in [0.15, 0.2) is 42.5 Å². The second-order valence-corrected chi connectivity index (χ2v) is 11.2. The molecule has 0 aromatic heterocycles. The molecule has 2 saturated heterocycles. The van der Waals surface area contributed by atoms with Crippen LogP contribution in [0.3, 0.4) is 0 Å². The Labute approximate surface area is 213 Å². The second-order valence-electron chi connectivity index (χ2n) is 11.2. The van der Waals surface area contributed by atoms with E-state index in [0.717, 1.165) is 55.1 Å². The van der Waals surface area contributed by atoms with Gasteiger partial charge in [-0.1, -0.05) is 30.3 Å². The average Bonchev–Trinajstić information content (AvgIpc) is 2.83. The number of likely N-dealkylation sites (tertiary alicyclic amines) is 1. The van der Waals surface area contributed by atoms with Crippen molar-refractivity contribution in [1.82, 2.24) is 9.80 Å². The van der Waals surface area contributed by atoms with E-state index < -0.39 is 5.97 Å². The molecule has 0 bridgehead atoms. The third-order valence-corrected chi connectivity index (χ3v) is 8.00. The second kappa shape index (κ2) is 10.0. The van der Waals surface area contributed by atoms with Crippen molar-refractivity contribution in [3.8, 4) is 11.5 Å². The maximum atomic E-state index is 11.7. The molecule has 0 unspecified atom stereocenters. The van der Waals surface area contributed by atoms with E-state index in [9.17, 15) is 9.90 Å². The van der Waals surface area contributed by atoms with Gasteiger partial charge in [-0.05, 0) is 64.4 Å². The third-order valence-electron chi connectivity index (χ3n) is 8.00. The molecule has 3 aliphatic rings. The van der Waals surface area contributed by atoms with Crippen LogP contribution < -0.4 is 9.47 Å². The van der Waals surface area contributed by atoms with Crippen molar-refractivity contribution in [2.24, 2.45) is 11.8 Å². The van der Waals surface area contributed by atoms with Crippen LogP contribution >= 0.6 is 0 Å². The molecule has 2 aromatic carbocycles. The number of piperidine rings is 1. The largest absolute Gasteiger partial charge is 0.488 e. The fraction of sp³-hybridized carbons (Fsp3) is 0.552. The highest BCUT2D eigenvalue weighted by Gasteiger charge is 2.52. The minimum absolute atomic E-state index is 0.0123. The first-order chi connectivity index (χ1) is 17.2. The number of ether oxygens (including phenoxy) is 3. The van der Waals surface area contributed by atoms with Crippen LogP contribution in [0.5, 0.6) is 11.5 Å². The number of likely N-dealkylation sites (N-methyl/N-ethyl adjacent to an activating group) is 1. The lowest BCUT2D eigenvalue weighted by molar-refractivity contribution is -0.188. The molecule has 3 heterocycles. The zero-order valence-corrected chi connectivity index (χ0v) is 21.8. The fourth-order valence-electron chi connectivity index (χ4n) is 6.07. The van der Waals surface area contributed by atoms with Gasteiger partial charge in [-0.3, -0.25) is 4.90 Å². The van der Waals surface area contributed by atoms with Gasteiger partial charge in [-0.15, -0.1) is 0 Å². The van der Waals surface area contributed by atoms with Crippen molar-refractivity contribution in [1.29, 1.82) is 0 Å². The number of aromatic carboxylic acids is 1. The van der Waals surface area contributed by atoms with Gasteiger partial charge in [0.2, 0.25) is 0 Å². The maximum Gasteiger partial charge on any atom is 0.336 e. The van der Waals surface area contributed by atoms with Crippen LogP contribution in [-0.4, -0.2) is 72.9 Å². The number of rotatable bonds is 7. The number of fused-ring (bicyclic) bond motifs is 4. The molecule has 7 heteroatoms. The van der Waals surface area contributed by atoms with Gasteiger partial charge in [0, 0.05) is 37.7 Å². The molecule has 4 atom stereocenters. The fourth-order valence-corrected chi connectivity index (χ4v) is 6.07. The number of nitrogens with zero attached hydrogens (tertiary/aromatic N) is 2. The van der Waals surface area contributed by atoms with E-state index in [2.05, 4.69) is 29.7 Å². The Morgan fingerprint density at radius 2 is 2.00 bits per heavy atom. The van der Waals surface area contributed by atoms with Gasteiger partial charge in [0.15, 0.2) is 11.5 Å². The predicted octanol–water partition coefficient (Wildman–Crippen LogP) is 4.46. The van der Waals surface area contributed by atoms with Crippen molar-refractivity contribution in [2.45, 2.75) is 51.0 Å². The summed E-state index contributed by atoms with van der Waals surface area (Å²) < 4.78 is 19.6. The first kappa shape index (κ1) is 25.1. The molecule has 0 saturated carbocycles. The van der Waals surface area contributed by atoms with Gasteiger partial charge in [-0.2, -0.15) is 0 Å². The summed E-state index contributed by atoms with van der Waals surface area (Å²) in [5.41, 5.74) is 1.97. The topological polar surface area (TPSA) is 71.5 Å². The summed E-state index contributed by atoms with van der Waals surface area (Å²) in [5, 5.41) is 9.58. The molecule has 0 aliphatic carbocycles. The zero-order valence-electron chi connectivity index (χ0n) is 21.8. The Morgan fingerprint density at radius 3 is 2.78 bits per heavy atom.